The third kappa shape index (κ3) is 4.58. The second-order valence-electron chi connectivity index (χ2n) is 8.90. The fourth-order valence-corrected chi connectivity index (χ4v) is 4.96. The summed E-state index contributed by atoms with van der Waals surface area (Å²) in [4.78, 5) is 17.7. The predicted molar refractivity (Wildman–Crippen MR) is 131 cm³/mol. The number of rotatable bonds is 5. The molecule has 7 heteroatoms. The normalized spacial score (nSPS) is 17.2. The Kier molecular flexibility index (Phi) is 6.28. The quantitative estimate of drug-likeness (QED) is 0.640. The molecule has 2 heterocycles. The van der Waals surface area contributed by atoms with Gasteiger partial charge < -0.3 is 19.9 Å². The number of nitrogens with zero attached hydrogens (tertiary/aromatic N) is 4. The number of aromatic nitrogens is 2. The Morgan fingerprint density at radius 3 is 2.24 bits per heavy atom. The van der Waals surface area contributed by atoms with Crippen LogP contribution in [0, 0.1) is 0 Å². The smallest absolute Gasteiger partial charge is 0.272 e. The van der Waals surface area contributed by atoms with E-state index in [4.69, 9.17) is 4.74 Å². The van der Waals surface area contributed by atoms with Crippen LogP contribution in [0.2, 0.25) is 0 Å². The van der Waals surface area contributed by atoms with Gasteiger partial charge in [0.2, 0.25) is 0 Å². The molecule has 2 fully saturated rings. The molecule has 3 aromatic rings. The number of hydrogen-bond donors (Lipinski definition) is 1. The average Bonchev–Trinajstić information content (AvgIpc) is 2.89. The first-order chi connectivity index (χ1) is 16.2. The average molecular weight is 446 g/mol. The molecule has 1 saturated heterocycles. The topological polar surface area (TPSA) is 70.6 Å². The molecule has 0 radical (unpaired) electrons. The van der Waals surface area contributed by atoms with Gasteiger partial charge in [0.15, 0.2) is 11.5 Å². The van der Waals surface area contributed by atoms with Gasteiger partial charge in [-0.25, -0.2) is 0 Å². The van der Waals surface area contributed by atoms with Crippen molar-refractivity contribution < 1.29 is 9.53 Å². The van der Waals surface area contributed by atoms with Crippen LogP contribution in [-0.2, 0) is 0 Å². The number of carbonyl (C=O) groups excluding carboxylic acids is 1. The molecule has 2 aromatic carbocycles. The molecular weight excluding hydrogens is 414 g/mol. The Bertz CT molecular complexity index is 1100. The monoisotopic (exact) mass is 445 g/mol. The molecule has 1 N–H and O–H groups in total. The molecule has 1 saturated carbocycles. The minimum absolute atomic E-state index is 0.110. The van der Waals surface area contributed by atoms with Gasteiger partial charge in [0.05, 0.1) is 7.11 Å². The third-order valence-corrected chi connectivity index (χ3v) is 6.84. The van der Waals surface area contributed by atoms with Gasteiger partial charge in [0, 0.05) is 48.7 Å². The van der Waals surface area contributed by atoms with Crippen LogP contribution < -0.4 is 19.9 Å². The van der Waals surface area contributed by atoms with E-state index in [2.05, 4.69) is 37.4 Å². The molecule has 0 spiro atoms. The Morgan fingerprint density at radius 2 is 1.55 bits per heavy atom. The molecule has 1 aliphatic heterocycles. The summed E-state index contributed by atoms with van der Waals surface area (Å²) in [6, 6.07) is 16.4. The Hall–Kier alpha value is -3.35. The summed E-state index contributed by atoms with van der Waals surface area (Å²) in [5.74, 6) is 1.61. The first-order valence-electron chi connectivity index (χ1n) is 11.9. The second-order valence-corrected chi connectivity index (χ2v) is 8.90. The lowest BCUT2D eigenvalue weighted by Gasteiger charge is -2.37. The standard InChI is InChI=1S/C26H31N5O2/c1-33-21-13-11-20(12-14-21)30-15-17-31(18-16-30)25-23-10-6-5-9-22(23)24(28-29-25)26(32)27-19-7-3-2-4-8-19/h5-6,9-14,19H,2-4,7-8,15-18H2,1H3,(H,27,32). The summed E-state index contributed by atoms with van der Waals surface area (Å²) in [6.45, 7) is 3.48. The number of carbonyl (C=O) groups is 1. The summed E-state index contributed by atoms with van der Waals surface area (Å²) in [6.07, 6.45) is 5.72. The van der Waals surface area contributed by atoms with Gasteiger partial charge in [-0.15, -0.1) is 10.2 Å². The van der Waals surface area contributed by atoms with Gasteiger partial charge in [0.1, 0.15) is 5.75 Å². The minimum Gasteiger partial charge on any atom is -0.497 e. The summed E-state index contributed by atoms with van der Waals surface area (Å²) in [7, 11) is 1.68. The van der Waals surface area contributed by atoms with Crippen molar-refractivity contribution in [3.8, 4) is 5.75 Å². The molecule has 2 aliphatic rings. The van der Waals surface area contributed by atoms with Crippen LogP contribution in [0.3, 0.4) is 0 Å². The van der Waals surface area contributed by atoms with Crippen LogP contribution in [0.5, 0.6) is 5.75 Å². The van der Waals surface area contributed by atoms with Crippen molar-refractivity contribution in [2.75, 3.05) is 43.1 Å². The van der Waals surface area contributed by atoms with E-state index in [0.717, 1.165) is 61.4 Å². The third-order valence-electron chi connectivity index (χ3n) is 6.84. The van der Waals surface area contributed by atoms with Gasteiger partial charge in [-0.1, -0.05) is 43.5 Å². The zero-order chi connectivity index (χ0) is 22.6. The molecule has 0 unspecified atom stereocenters. The largest absolute Gasteiger partial charge is 0.497 e. The zero-order valence-electron chi connectivity index (χ0n) is 19.2. The number of ether oxygens (including phenoxy) is 1. The number of anilines is 2. The van der Waals surface area contributed by atoms with E-state index >= 15 is 0 Å². The number of nitrogens with one attached hydrogen (secondary N) is 1. The number of amides is 1. The van der Waals surface area contributed by atoms with Crippen LogP contribution in [0.25, 0.3) is 10.8 Å². The highest BCUT2D eigenvalue weighted by Crippen LogP contribution is 2.28. The predicted octanol–water partition coefficient (Wildman–Crippen LogP) is 4.03. The van der Waals surface area contributed by atoms with Crippen LogP contribution >= 0.6 is 0 Å². The molecular formula is C26H31N5O2. The highest BCUT2D eigenvalue weighted by atomic mass is 16.5. The van der Waals surface area contributed by atoms with E-state index in [9.17, 15) is 4.79 Å². The fourth-order valence-electron chi connectivity index (χ4n) is 4.96. The van der Waals surface area contributed by atoms with Crippen molar-refractivity contribution >= 4 is 28.2 Å². The van der Waals surface area contributed by atoms with Gasteiger partial charge in [-0.05, 0) is 37.1 Å². The van der Waals surface area contributed by atoms with Gasteiger partial charge in [-0.3, -0.25) is 4.79 Å². The molecule has 5 rings (SSSR count). The number of fused-ring (bicyclic) bond motifs is 1. The molecule has 1 aliphatic carbocycles. The lowest BCUT2D eigenvalue weighted by atomic mass is 9.95. The SMILES string of the molecule is COc1ccc(N2CCN(c3nnc(C(=O)NC4CCCCC4)c4ccccc34)CC2)cc1. The van der Waals surface area contributed by atoms with Crippen molar-refractivity contribution in [3.63, 3.8) is 0 Å². The highest BCUT2D eigenvalue weighted by Gasteiger charge is 2.24. The highest BCUT2D eigenvalue weighted by molar-refractivity contribution is 6.07. The maximum Gasteiger partial charge on any atom is 0.272 e. The zero-order valence-corrected chi connectivity index (χ0v) is 19.2. The first-order valence-corrected chi connectivity index (χ1v) is 11.9. The van der Waals surface area contributed by atoms with E-state index in [1.165, 1.54) is 24.9 Å². The molecule has 172 valence electrons. The Balaban J connectivity index is 1.33. The molecule has 1 aromatic heterocycles. The number of piperazine rings is 1. The summed E-state index contributed by atoms with van der Waals surface area (Å²) >= 11 is 0. The lowest BCUT2D eigenvalue weighted by molar-refractivity contribution is 0.0923. The van der Waals surface area contributed by atoms with Gasteiger partial charge >= 0.3 is 0 Å². The van der Waals surface area contributed by atoms with Crippen LogP contribution in [-0.4, -0.2) is 55.4 Å². The van der Waals surface area contributed by atoms with E-state index < -0.39 is 0 Å². The molecule has 33 heavy (non-hydrogen) atoms. The van der Waals surface area contributed by atoms with E-state index in [-0.39, 0.29) is 11.9 Å². The summed E-state index contributed by atoms with van der Waals surface area (Å²) < 4.78 is 5.27. The molecule has 7 nitrogen and oxygen atoms in total. The molecule has 0 bridgehead atoms. The van der Waals surface area contributed by atoms with E-state index in [0.29, 0.717) is 5.69 Å². The second kappa shape index (κ2) is 9.65. The fraction of sp³-hybridized carbons (Fsp3) is 0.423. The Labute approximate surface area is 194 Å². The number of methoxy groups -OCH3 is 1. The Morgan fingerprint density at radius 1 is 0.879 bits per heavy atom. The van der Waals surface area contributed by atoms with Gasteiger partial charge in [-0.2, -0.15) is 0 Å². The maximum absolute atomic E-state index is 13.0. The van der Waals surface area contributed by atoms with Crippen molar-refractivity contribution in [1.82, 2.24) is 15.5 Å². The van der Waals surface area contributed by atoms with E-state index in [1.54, 1.807) is 7.11 Å². The summed E-state index contributed by atoms with van der Waals surface area (Å²) in [5.41, 5.74) is 1.62. The number of hydrogen-bond acceptors (Lipinski definition) is 6. The van der Waals surface area contributed by atoms with Crippen LogP contribution in [0.15, 0.2) is 48.5 Å². The van der Waals surface area contributed by atoms with Crippen molar-refractivity contribution in [2.45, 2.75) is 38.1 Å². The van der Waals surface area contributed by atoms with Crippen molar-refractivity contribution in [2.24, 2.45) is 0 Å². The first kappa shape index (κ1) is 21.5. The lowest BCUT2D eigenvalue weighted by Crippen LogP contribution is -2.47. The van der Waals surface area contributed by atoms with Crippen LogP contribution in [0.1, 0.15) is 42.6 Å². The summed E-state index contributed by atoms with van der Waals surface area (Å²) in [5, 5.41) is 14.0. The maximum atomic E-state index is 13.0. The minimum atomic E-state index is -0.110. The number of benzene rings is 2. The van der Waals surface area contributed by atoms with Crippen LogP contribution in [0.4, 0.5) is 11.5 Å². The van der Waals surface area contributed by atoms with Gasteiger partial charge in [0.25, 0.3) is 5.91 Å². The molecule has 0 atom stereocenters. The van der Waals surface area contributed by atoms with Crippen molar-refractivity contribution in [1.29, 1.82) is 0 Å². The van der Waals surface area contributed by atoms with E-state index in [1.807, 2.05) is 36.4 Å². The molecule has 1 amide bonds. The van der Waals surface area contributed by atoms with Crippen molar-refractivity contribution in [3.05, 3.63) is 54.2 Å².